The van der Waals surface area contributed by atoms with Crippen molar-refractivity contribution in [3.05, 3.63) is 42.1 Å². The molecule has 0 saturated carbocycles. The summed E-state index contributed by atoms with van der Waals surface area (Å²) >= 11 is 0. The maximum absolute atomic E-state index is 5.41. The van der Waals surface area contributed by atoms with E-state index in [0.29, 0.717) is 12.6 Å². The standard InChI is InChI=1S/C22H32N6O2/c1-23-22(25-14-16-7-6-9-24-21(16)27(2)3)26-17-8-10-28(15-17)18-11-19(29-4)13-20(12-18)30-5/h6-7,9,11-13,17H,8,10,14-15H2,1-5H3,(H2,23,25,26). The molecule has 2 aromatic rings. The number of aliphatic imine (C=N–C) groups is 1. The fraction of sp³-hybridized carbons (Fsp3) is 0.455. The van der Waals surface area contributed by atoms with Crippen LogP contribution in [0.4, 0.5) is 11.5 Å². The molecule has 30 heavy (non-hydrogen) atoms. The normalized spacial score (nSPS) is 16.4. The van der Waals surface area contributed by atoms with Crippen molar-refractivity contribution in [2.75, 3.05) is 58.3 Å². The van der Waals surface area contributed by atoms with E-state index in [1.165, 1.54) is 0 Å². The van der Waals surface area contributed by atoms with Gasteiger partial charge in [0.2, 0.25) is 0 Å². The molecule has 2 N–H and O–H groups in total. The number of pyridine rings is 1. The molecule has 0 radical (unpaired) electrons. The number of hydrogen-bond donors (Lipinski definition) is 2. The van der Waals surface area contributed by atoms with E-state index in [4.69, 9.17) is 9.47 Å². The van der Waals surface area contributed by atoms with Crippen LogP contribution in [0.25, 0.3) is 0 Å². The highest BCUT2D eigenvalue weighted by Gasteiger charge is 2.24. The van der Waals surface area contributed by atoms with Gasteiger partial charge >= 0.3 is 0 Å². The average molecular weight is 413 g/mol. The largest absolute Gasteiger partial charge is 0.497 e. The first kappa shape index (κ1) is 21.5. The van der Waals surface area contributed by atoms with Crippen LogP contribution in [-0.2, 0) is 6.54 Å². The van der Waals surface area contributed by atoms with Gasteiger partial charge in [-0.05, 0) is 12.5 Å². The zero-order chi connectivity index (χ0) is 21.5. The molecule has 1 saturated heterocycles. The van der Waals surface area contributed by atoms with E-state index >= 15 is 0 Å². The fourth-order valence-corrected chi connectivity index (χ4v) is 3.63. The highest BCUT2D eigenvalue weighted by Crippen LogP contribution is 2.30. The Balaban J connectivity index is 1.59. The summed E-state index contributed by atoms with van der Waals surface area (Å²) in [5.74, 6) is 3.34. The van der Waals surface area contributed by atoms with Crippen molar-refractivity contribution in [3.8, 4) is 11.5 Å². The summed E-state index contributed by atoms with van der Waals surface area (Å²) in [4.78, 5) is 13.2. The summed E-state index contributed by atoms with van der Waals surface area (Å²) in [6.07, 6.45) is 2.84. The van der Waals surface area contributed by atoms with Crippen LogP contribution >= 0.6 is 0 Å². The number of hydrogen-bond acceptors (Lipinski definition) is 6. The number of nitrogens with zero attached hydrogens (tertiary/aromatic N) is 4. The van der Waals surface area contributed by atoms with Crippen molar-refractivity contribution in [3.63, 3.8) is 0 Å². The summed E-state index contributed by atoms with van der Waals surface area (Å²) in [7, 11) is 9.14. The topological polar surface area (TPSA) is 74.3 Å². The van der Waals surface area contributed by atoms with E-state index in [1.807, 2.05) is 49.5 Å². The molecular weight excluding hydrogens is 380 g/mol. The monoisotopic (exact) mass is 412 g/mol. The van der Waals surface area contributed by atoms with Gasteiger partial charge in [-0.3, -0.25) is 4.99 Å². The number of methoxy groups -OCH3 is 2. The molecule has 0 bridgehead atoms. The second kappa shape index (κ2) is 10.0. The number of rotatable bonds is 7. The molecule has 3 rings (SSSR count). The number of aromatic nitrogens is 1. The minimum absolute atomic E-state index is 0.301. The third-order valence-corrected chi connectivity index (χ3v) is 5.19. The Morgan fingerprint density at radius 1 is 1.23 bits per heavy atom. The Kier molecular flexibility index (Phi) is 7.21. The lowest BCUT2D eigenvalue weighted by Gasteiger charge is -2.22. The number of ether oxygens (including phenoxy) is 2. The summed E-state index contributed by atoms with van der Waals surface area (Å²) in [6.45, 7) is 2.50. The minimum atomic E-state index is 0.301. The highest BCUT2D eigenvalue weighted by molar-refractivity contribution is 5.80. The molecule has 2 heterocycles. The van der Waals surface area contributed by atoms with E-state index in [0.717, 1.165) is 54.0 Å². The van der Waals surface area contributed by atoms with Crippen molar-refractivity contribution >= 4 is 17.5 Å². The van der Waals surface area contributed by atoms with Gasteiger partial charge < -0.3 is 29.9 Å². The third-order valence-electron chi connectivity index (χ3n) is 5.19. The van der Waals surface area contributed by atoms with Crippen molar-refractivity contribution in [1.82, 2.24) is 15.6 Å². The Bertz CT molecular complexity index is 848. The molecule has 1 unspecified atom stereocenters. The molecule has 1 aromatic carbocycles. The van der Waals surface area contributed by atoms with Gasteiger partial charge in [-0.2, -0.15) is 0 Å². The summed E-state index contributed by atoms with van der Waals surface area (Å²) in [6, 6.07) is 10.3. The van der Waals surface area contributed by atoms with Gasteiger partial charge in [0.1, 0.15) is 17.3 Å². The lowest BCUT2D eigenvalue weighted by atomic mass is 10.2. The van der Waals surface area contributed by atoms with Gasteiger partial charge in [0.05, 0.1) is 14.2 Å². The molecule has 0 aliphatic carbocycles. The predicted octanol–water partition coefficient (Wildman–Crippen LogP) is 2.11. The van der Waals surface area contributed by atoms with Crippen LogP contribution in [-0.4, -0.2) is 65.4 Å². The molecule has 8 heteroatoms. The van der Waals surface area contributed by atoms with Gasteiger partial charge in [0.25, 0.3) is 0 Å². The van der Waals surface area contributed by atoms with Crippen molar-refractivity contribution < 1.29 is 9.47 Å². The number of guanidine groups is 1. The number of nitrogens with one attached hydrogen (secondary N) is 2. The van der Waals surface area contributed by atoms with Crippen molar-refractivity contribution in [2.45, 2.75) is 19.0 Å². The van der Waals surface area contributed by atoms with Gasteiger partial charge in [-0.1, -0.05) is 6.07 Å². The van der Waals surface area contributed by atoms with Crippen LogP contribution in [0.5, 0.6) is 11.5 Å². The van der Waals surface area contributed by atoms with E-state index in [2.05, 4.69) is 31.6 Å². The number of anilines is 2. The molecule has 8 nitrogen and oxygen atoms in total. The van der Waals surface area contributed by atoms with E-state index < -0.39 is 0 Å². The van der Waals surface area contributed by atoms with Gasteiger partial charge in [-0.15, -0.1) is 0 Å². The smallest absolute Gasteiger partial charge is 0.191 e. The predicted molar refractivity (Wildman–Crippen MR) is 122 cm³/mol. The van der Waals surface area contributed by atoms with Crippen molar-refractivity contribution in [2.24, 2.45) is 4.99 Å². The molecule has 1 aliphatic heterocycles. The molecule has 1 atom stereocenters. The van der Waals surface area contributed by atoms with Crippen molar-refractivity contribution in [1.29, 1.82) is 0 Å². The van der Waals surface area contributed by atoms with Crippen LogP contribution in [0.3, 0.4) is 0 Å². The van der Waals surface area contributed by atoms with Crippen LogP contribution in [0.1, 0.15) is 12.0 Å². The maximum Gasteiger partial charge on any atom is 0.191 e. The van der Waals surface area contributed by atoms with Crippen LogP contribution in [0.15, 0.2) is 41.5 Å². The molecular formula is C22H32N6O2. The average Bonchev–Trinajstić information content (AvgIpc) is 3.24. The first-order valence-electron chi connectivity index (χ1n) is 10.1. The maximum atomic E-state index is 5.41. The molecule has 1 aliphatic rings. The molecule has 0 spiro atoms. The molecule has 1 aromatic heterocycles. The SMILES string of the molecule is CN=C(NCc1cccnc1N(C)C)NC1CCN(c2cc(OC)cc(OC)c2)C1. The lowest BCUT2D eigenvalue weighted by Crippen LogP contribution is -2.44. The Labute approximate surface area is 178 Å². The van der Waals surface area contributed by atoms with E-state index in [1.54, 1.807) is 21.3 Å². The minimum Gasteiger partial charge on any atom is -0.497 e. The second-order valence-corrected chi connectivity index (χ2v) is 7.45. The Morgan fingerprint density at radius 2 is 1.97 bits per heavy atom. The summed E-state index contributed by atoms with van der Waals surface area (Å²) in [5.41, 5.74) is 2.23. The lowest BCUT2D eigenvalue weighted by molar-refractivity contribution is 0.394. The quantitative estimate of drug-likeness (QED) is 0.533. The van der Waals surface area contributed by atoms with E-state index in [-0.39, 0.29) is 0 Å². The fourth-order valence-electron chi connectivity index (χ4n) is 3.63. The first-order chi connectivity index (χ1) is 14.5. The van der Waals surface area contributed by atoms with Crippen LogP contribution in [0, 0.1) is 0 Å². The third kappa shape index (κ3) is 5.25. The van der Waals surface area contributed by atoms with Gasteiger partial charge in [-0.25, -0.2) is 4.98 Å². The summed E-state index contributed by atoms with van der Waals surface area (Å²) < 4.78 is 10.8. The van der Waals surface area contributed by atoms with E-state index in [9.17, 15) is 0 Å². The zero-order valence-corrected chi connectivity index (χ0v) is 18.5. The van der Waals surface area contributed by atoms with Gasteiger partial charge in [0.15, 0.2) is 5.96 Å². The Hall–Kier alpha value is -3.16. The molecule has 1 fully saturated rings. The van der Waals surface area contributed by atoms with Crippen LogP contribution < -0.4 is 29.9 Å². The Morgan fingerprint density at radius 3 is 2.60 bits per heavy atom. The van der Waals surface area contributed by atoms with Crippen LogP contribution in [0.2, 0.25) is 0 Å². The number of benzene rings is 1. The molecule has 0 amide bonds. The molecule has 162 valence electrons. The zero-order valence-electron chi connectivity index (χ0n) is 18.5. The highest BCUT2D eigenvalue weighted by atomic mass is 16.5. The first-order valence-corrected chi connectivity index (χ1v) is 10.1. The summed E-state index contributed by atoms with van der Waals surface area (Å²) in [5, 5.41) is 6.95. The second-order valence-electron chi connectivity index (χ2n) is 7.45. The van der Waals surface area contributed by atoms with Gasteiger partial charge in [0, 0.05) is 82.5 Å².